The van der Waals surface area contributed by atoms with E-state index in [2.05, 4.69) is 15.0 Å². The van der Waals surface area contributed by atoms with Crippen molar-refractivity contribution in [2.45, 2.75) is 13.0 Å². The van der Waals surface area contributed by atoms with Gasteiger partial charge in [-0.3, -0.25) is 0 Å². The van der Waals surface area contributed by atoms with E-state index in [1.807, 2.05) is 4.57 Å². The third-order valence-electron chi connectivity index (χ3n) is 1.96. The van der Waals surface area contributed by atoms with Gasteiger partial charge in [-0.1, -0.05) is 11.6 Å². The number of hydrogen-bond donors (Lipinski definition) is 1. The Morgan fingerprint density at radius 2 is 2.21 bits per heavy atom. The van der Waals surface area contributed by atoms with E-state index in [0.717, 1.165) is 18.6 Å². The predicted molar refractivity (Wildman–Crippen MR) is 54.0 cm³/mol. The van der Waals surface area contributed by atoms with Crippen molar-refractivity contribution in [2.24, 2.45) is 5.73 Å². The van der Waals surface area contributed by atoms with Crippen molar-refractivity contribution in [3.8, 4) is 0 Å². The van der Waals surface area contributed by atoms with Gasteiger partial charge < -0.3 is 10.3 Å². The highest BCUT2D eigenvalue weighted by Gasteiger charge is 2.06. The SMILES string of the molecule is NCCCn1cnc2c(Cl)ncnc21. The molecule has 0 saturated heterocycles. The minimum absolute atomic E-state index is 0.390. The minimum Gasteiger partial charge on any atom is -0.330 e. The van der Waals surface area contributed by atoms with Crippen molar-refractivity contribution in [2.75, 3.05) is 6.54 Å². The lowest BCUT2D eigenvalue weighted by atomic mass is 10.4. The number of rotatable bonds is 3. The molecule has 0 aliphatic heterocycles. The zero-order valence-electron chi connectivity index (χ0n) is 7.52. The molecule has 0 saturated carbocycles. The van der Waals surface area contributed by atoms with Gasteiger partial charge in [-0.05, 0) is 13.0 Å². The van der Waals surface area contributed by atoms with Crippen LogP contribution in [-0.4, -0.2) is 26.1 Å². The maximum Gasteiger partial charge on any atom is 0.164 e. The van der Waals surface area contributed by atoms with E-state index in [-0.39, 0.29) is 0 Å². The number of nitrogens with zero attached hydrogens (tertiary/aromatic N) is 4. The predicted octanol–water partition coefficient (Wildman–Crippen LogP) is 0.828. The van der Waals surface area contributed by atoms with Crippen LogP contribution >= 0.6 is 11.6 Å². The topological polar surface area (TPSA) is 69.6 Å². The molecule has 0 spiro atoms. The van der Waals surface area contributed by atoms with Crippen LogP contribution in [0.3, 0.4) is 0 Å². The van der Waals surface area contributed by atoms with E-state index in [1.165, 1.54) is 6.33 Å². The summed E-state index contributed by atoms with van der Waals surface area (Å²) in [5.74, 6) is 0. The lowest BCUT2D eigenvalue weighted by Gasteiger charge is -2.00. The Morgan fingerprint density at radius 3 is 3.00 bits per heavy atom. The van der Waals surface area contributed by atoms with E-state index in [1.54, 1.807) is 6.33 Å². The van der Waals surface area contributed by atoms with Gasteiger partial charge in [0.1, 0.15) is 11.8 Å². The molecular weight excluding hydrogens is 202 g/mol. The molecule has 0 fully saturated rings. The van der Waals surface area contributed by atoms with Gasteiger partial charge in [-0.25, -0.2) is 15.0 Å². The van der Waals surface area contributed by atoms with E-state index < -0.39 is 0 Å². The quantitative estimate of drug-likeness (QED) is 0.764. The van der Waals surface area contributed by atoms with E-state index in [4.69, 9.17) is 17.3 Å². The maximum atomic E-state index is 5.85. The Balaban J connectivity index is 2.42. The van der Waals surface area contributed by atoms with E-state index in [0.29, 0.717) is 17.2 Å². The number of fused-ring (bicyclic) bond motifs is 1. The van der Waals surface area contributed by atoms with Crippen LogP contribution in [0.4, 0.5) is 0 Å². The summed E-state index contributed by atoms with van der Waals surface area (Å²) >= 11 is 5.85. The second-order valence-corrected chi connectivity index (χ2v) is 3.27. The van der Waals surface area contributed by atoms with Crippen LogP contribution in [0.25, 0.3) is 11.2 Å². The first-order valence-corrected chi connectivity index (χ1v) is 4.72. The molecule has 14 heavy (non-hydrogen) atoms. The fraction of sp³-hybridized carbons (Fsp3) is 0.375. The zero-order chi connectivity index (χ0) is 9.97. The van der Waals surface area contributed by atoms with Crippen LogP contribution in [0, 0.1) is 0 Å². The lowest BCUT2D eigenvalue weighted by Crippen LogP contribution is -2.05. The number of halogens is 1. The van der Waals surface area contributed by atoms with Crippen molar-refractivity contribution in [1.82, 2.24) is 19.5 Å². The highest BCUT2D eigenvalue weighted by atomic mass is 35.5. The first-order chi connectivity index (χ1) is 6.83. The summed E-state index contributed by atoms with van der Waals surface area (Å²) in [6.45, 7) is 1.46. The molecule has 2 aromatic heterocycles. The largest absolute Gasteiger partial charge is 0.330 e. The van der Waals surface area contributed by atoms with Crippen LogP contribution in [0.15, 0.2) is 12.7 Å². The van der Waals surface area contributed by atoms with E-state index >= 15 is 0 Å². The Hall–Kier alpha value is -1.20. The monoisotopic (exact) mass is 211 g/mol. The second kappa shape index (κ2) is 3.89. The second-order valence-electron chi connectivity index (χ2n) is 2.92. The number of nitrogens with two attached hydrogens (primary N) is 1. The number of imidazole rings is 1. The molecule has 6 heteroatoms. The van der Waals surface area contributed by atoms with Gasteiger partial charge in [0.15, 0.2) is 10.8 Å². The van der Waals surface area contributed by atoms with Gasteiger partial charge in [-0.15, -0.1) is 0 Å². The normalized spacial score (nSPS) is 11.0. The van der Waals surface area contributed by atoms with Gasteiger partial charge >= 0.3 is 0 Å². The first kappa shape index (κ1) is 9.36. The smallest absolute Gasteiger partial charge is 0.164 e. The van der Waals surface area contributed by atoms with Crippen molar-refractivity contribution < 1.29 is 0 Å². The van der Waals surface area contributed by atoms with Crippen molar-refractivity contribution in [1.29, 1.82) is 0 Å². The number of hydrogen-bond acceptors (Lipinski definition) is 4. The fourth-order valence-corrected chi connectivity index (χ4v) is 1.45. The summed E-state index contributed by atoms with van der Waals surface area (Å²) in [5, 5.41) is 0.390. The van der Waals surface area contributed by atoms with Crippen LogP contribution in [0.1, 0.15) is 6.42 Å². The Bertz CT molecular complexity index is 438. The summed E-state index contributed by atoms with van der Waals surface area (Å²) in [7, 11) is 0. The molecule has 2 aromatic rings. The van der Waals surface area contributed by atoms with Gasteiger partial charge in [0, 0.05) is 6.54 Å². The van der Waals surface area contributed by atoms with Crippen LogP contribution in [0.2, 0.25) is 5.15 Å². The van der Waals surface area contributed by atoms with Gasteiger partial charge in [0.2, 0.25) is 0 Å². The van der Waals surface area contributed by atoms with Crippen LogP contribution in [-0.2, 0) is 6.54 Å². The molecule has 0 aromatic carbocycles. The average molecular weight is 212 g/mol. The standard InChI is InChI=1S/C8H10ClN5/c9-7-6-8(12-4-11-7)14(5-13-6)3-1-2-10/h4-5H,1-3,10H2. The third-order valence-corrected chi connectivity index (χ3v) is 2.24. The minimum atomic E-state index is 0.390. The van der Waals surface area contributed by atoms with Crippen molar-refractivity contribution in [3.05, 3.63) is 17.8 Å². The summed E-state index contributed by atoms with van der Waals surface area (Å²) < 4.78 is 1.93. The highest BCUT2D eigenvalue weighted by molar-refractivity contribution is 6.33. The Labute approximate surface area is 85.9 Å². The Kier molecular flexibility index (Phi) is 2.60. The maximum absolute atomic E-state index is 5.85. The molecule has 5 nitrogen and oxygen atoms in total. The highest BCUT2D eigenvalue weighted by Crippen LogP contribution is 2.16. The number of aromatic nitrogens is 4. The summed E-state index contributed by atoms with van der Waals surface area (Å²) in [5.41, 5.74) is 6.83. The molecule has 2 heterocycles. The van der Waals surface area contributed by atoms with Crippen molar-refractivity contribution in [3.63, 3.8) is 0 Å². The lowest BCUT2D eigenvalue weighted by molar-refractivity contribution is 0.661. The summed E-state index contributed by atoms with van der Waals surface area (Å²) in [6, 6.07) is 0. The molecule has 0 radical (unpaired) electrons. The van der Waals surface area contributed by atoms with Crippen LogP contribution in [0.5, 0.6) is 0 Å². The molecule has 74 valence electrons. The van der Waals surface area contributed by atoms with Gasteiger partial charge in [0.25, 0.3) is 0 Å². The fourth-order valence-electron chi connectivity index (χ4n) is 1.28. The average Bonchev–Trinajstić information content (AvgIpc) is 2.60. The Morgan fingerprint density at radius 1 is 1.36 bits per heavy atom. The molecule has 0 atom stereocenters. The zero-order valence-corrected chi connectivity index (χ0v) is 8.28. The third kappa shape index (κ3) is 1.56. The molecule has 0 bridgehead atoms. The first-order valence-electron chi connectivity index (χ1n) is 4.34. The summed E-state index contributed by atoms with van der Waals surface area (Å²) in [4.78, 5) is 12.1. The molecule has 0 aliphatic rings. The molecule has 0 amide bonds. The number of aryl methyl sites for hydroxylation is 1. The molecular formula is C8H10ClN5. The molecule has 2 N–H and O–H groups in total. The van der Waals surface area contributed by atoms with Crippen molar-refractivity contribution >= 4 is 22.8 Å². The molecule has 2 rings (SSSR count). The summed E-state index contributed by atoms with van der Waals surface area (Å²) in [6.07, 6.45) is 4.04. The molecule has 0 unspecified atom stereocenters. The van der Waals surface area contributed by atoms with Gasteiger partial charge in [-0.2, -0.15) is 0 Å². The van der Waals surface area contributed by atoms with E-state index in [9.17, 15) is 0 Å². The van der Waals surface area contributed by atoms with Gasteiger partial charge in [0.05, 0.1) is 6.33 Å². The molecule has 0 aliphatic carbocycles. The van der Waals surface area contributed by atoms with Crippen LogP contribution < -0.4 is 5.73 Å².